The van der Waals surface area contributed by atoms with Crippen LogP contribution < -0.4 is 15.5 Å². The van der Waals surface area contributed by atoms with Gasteiger partial charge in [-0.3, -0.25) is 9.59 Å². The number of carbonyl (C=O) groups excluding carboxylic acids is 2. The van der Waals surface area contributed by atoms with Gasteiger partial charge < -0.3 is 10.1 Å². The van der Waals surface area contributed by atoms with Gasteiger partial charge in [0.2, 0.25) is 5.91 Å². The van der Waals surface area contributed by atoms with Crippen molar-refractivity contribution in [2.45, 2.75) is 12.7 Å². The van der Waals surface area contributed by atoms with Crippen LogP contribution in [0.2, 0.25) is 0 Å². The molecule has 0 aliphatic rings. The largest absolute Gasteiger partial charge is 0.484 e. The van der Waals surface area contributed by atoms with Crippen LogP contribution in [0.15, 0.2) is 84.0 Å². The minimum Gasteiger partial charge on any atom is -0.484 e. The second-order valence-corrected chi connectivity index (χ2v) is 7.97. The van der Waals surface area contributed by atoms with E-state index >= 15 is 0 Å². The maximum Gasteiger partial charge on any atom is 0.262 e. The number of thioether (sulfide) groups is 1. The fourth-order valence-electron chi connectivity index (χ4n) is 2.75. The Kier molecular flexibility index (Phi) is 8.89. The number of carbonyl (C=O) groups is 2. The number of rotatable bonds is 10. The Morgan fingerprint density at radius 2 is 1.66 bits per heavy atom. The van der Waals surface area contributed by atoms with Crippen LogP contribution in [0, 0.1) is 6.92 Å². The van der Waals surface area contributed by atoms with E-state index in [2.05, 4.69) is 34.9 Å². The molecule has 0 fully saturated rings. The van der Waals surface area contributed by atoms with Crippen molar-refractivity contribution in [3.63, 3.8) is 0 Å². The number of hydrogen-bond donors (Lipinski definition) is 2. The molecule has 0 unspecified atom stereocenters. The molecule has 0 atom stereocenters. The molecule has 7 heteroatoms. The third kappa shape index (κ3) is 7.92. The summed E-state index contributed by atoms with van der Waals surface area (Å²) < 4.78 is 5.50. The summed E-state index contributed by atoms with van der Waals surface area (Å²) in [4.78, 5) is 23.9. The molecule has 3 rings (SSSR count). The number of hydrazone groups is 1. The van der Waals surface area contributed by atoms with Gasteiger partial charge in [-0.15, -0.1) is 11.8 Å². The zero-order chi connectivity index (χ0) is 22.6. The van der Waals surface area contributed by atoms with Crippen molar-refractivity contribution < 1.29 is 14.3 Å². The van der Waals surface area contributed by atoms with Crippen molar-refractivity contribution in [3.05, 3.63) is 95.6 Å². The van der Waals surface area contributed by atoms with E-state index in [-0.39, 0.29) is 18.4 Å². The highest BCUT2D eigenvalue weighted by Gasteiger charge is 2.04. The van der Waals surface area contributed by atoms with Gasteiger partial charge in [0.15, 0.2) is 6.61 Å². The Morgan fingerprint density at radius 1 is 0.938 bits per heavy atom. The minimum atomic E-state index is -0.232. The van der Waals surface area contributed by atoms with Gasteiger partial charge in [-0.2, -0.15) is 5.10 Å². The third-order valence-electron chi connectivity index (χ3n) is 4.46. The smallest absolute Gasteiger partial charge is 0.262 e. The lowest BCUT2D eigenvalue weighted by Gasteiger charge is -2.07. The van der Waals surface area contributed by atoms with Gasteiger partial charge in [-0.05, 0) is 60.0 Å². The molecule has 0 bridgehead atoms. The summed E-state index contributed by atoms with van der Waals surface area (Å²) in [7, 11) is 0. The molecule has 0 heterocycles. The first-order chi connectivity index (χ1) is 15.6. The van der Waals surface area contributed by atoms with E-state index in [1.165, 1.54) is 11.1 Å². The van der Waals surface area contributed by atoms with Crippen LogP contribution in [-0.2, 0) is 15.3 Å². The Balaban J connectivity index is 1.35. The molecule has 0 aromatic heterocycles. The van der Waals surface area contributed by atoms with Crippen LogP contribution in [0.5, 0.6) is 5.75 Å². The molecule has 0 saturated heterocycles. The molecule has 3 aromatic carbocycles. The molecule has 32 heavy (non-hydrogen) atoms. The molecular weight excluding hydrogens is 422 g/mol. The standard InChI is InChI=1S/C25H25N3O3S/c1-19-7-5-6-8-21(19)17-32-18-25(30)28-26-15-20-11-13-23(14-12-20)31-16-24(29)27-22-9-3-2-4-10-22/h2-15H,16-18H2,1H3,(H,27,29)(H,28,30)/b26-15+. The van der Waals surface area contributed by atoms with E-state index in [0.717, 1.165) is 17.0 Å². The molecule has 0 aliphatic heterocycles. The lowest BCUT2D eigenvalue weighted by molar-refractivity contribution is -0.119. The SMILES string of the molecule is Cc1ccccc1CSCC(=O)N/N=C/c1ccc(OCC(=O)Nc2ccccc2)cc1. The number of amides is 2. The third-order valence-corrected chi connectivity index (χ3v) is 5.44. The quantitative estimate of drug-likeness (QED) is 0.357. The predicted molar refractivity (Wildman–Crippen MR) is 130 cm³/mol. The number of anilines is 1. The Labute approximate surface area is 192 Å². The zero-order valence-corrected chi connectivity index (χ0v) is 18.6. The molecular formula is C25H25N3O3S. The highest BCUT2D eigenvalue weighted by molar-refractivity contribution is 7.99. The molecule has 0 saturated carbocycles. The highest BCUT2D eigenvalue weighted by Crippen LogP contribution is 2.15. The topological polar surface area (TPSA) is 79.8 Å². The van der Waals surface area contributed by atoms with Gasteiger partial charge in [-0.1, -0.05) is 42.5 Å². The summed E-state index contributed by atoms with van der Waals surface area (Å²) in [6, 6.07) is 24.4. The second kappa shape index (κ2) is 12.3. The average Bonchev–Trinajstić information content (AvgIpc) is 2.80. The second-order valence-electron chi connectivity index (χ2n) is 6.98. The van der Waals surface area contributed by atoms with E-state index < -0.39 is 0 Å². The molecule has 0 aliphatic carbocycles. The molecule has 2 amide bonds. The van der Waals surface area contributed by atoms with Crippen LogP contribution in [0.4, 0.5) is 5.69 Å². The number of nitrogens with one attached hydrogen (secondary N) is 2. The van der Waals surface area contributed by atoms with Crippen molar-refractivity contribution in [1.82, 2.24) is 5.43 Å². The summed E-state index contributed by atoms with van der Waals surface area (Å²) in [5.41, 5.74) is 6.52. The van der Waals surface area contributed by atoms with Crippen molar-refractivity contribution in [2.75, 3.05) is 17.7 Å². The van der Waals surface area contributed by atoms with Crippen LogP contribution in [0.3, 0.4) is 0 Å². The number of ether oxygens (including phenoxy) is 1. The Bertz CT molecular complexity index is 1050. The highest BCUT2D eigenvalue weighted by atomic mass is 32.2. The normalized spacial score (nSPS) is 10.7. The summed E-state index contributed by atoms with van der Waals surface area (Å²) >= 11 is 1.55. The fourth-order valence-corrected chi connectivity index (χ4v) is 3.65. The van der Waals surface area contributed by atoms with Gasteiger partial charge in [0.05, 0.1) is 12.0 Å². The van der Waals surface area contributed by atoms with E-state index in [4.69, 9.17) is 4.74 Å². The molecule has 2 N–H and O–H groups in total. The minimum absolute atomic E-state index is 0.0848. The van der Waals surface area contributed by atoms with Gasteiger partial charge in [0.25, 0.3) is 5.91 Å². The maximum absolute atomic E-state index is 11.9. The first-order valence-corrected chi connectivity index (χ1v) is 11.3. The zero-order valence-electron chi connectivity index (χ0n) is 17.8. The van der Waals surface area contributed by atoms with Gasteiger partial charge >= 0.3 is 0 Å². The average molecular weight is 448 g/mol. The molecule has 0 radical (unpaired) electrons. The molecule has 6 nitrogen and oxygen atoms in total. The lowest BCUT2D eigenvalue weighted by atomic mass is 10.1. The first kappa shape index (κ1) is 23.1. The van der Waals surface area contributed by atoms with Gasteiger partial charge in [0, 0.05) is 11.4 Å². The first-order valence-electron chi connectivity index (χ1n) is 10.1. The Morgan fingerprint density at radius 3 is 2.41 bits per heavy atom. The predicted octanol–water partition coefficient (Wildman–Crippen LogP) is 4.40. The van der Waals surface area contributed by atoms with Crippen molar-refractivity contribution >= 4 is 35.5 Å². The monoisotopic (exact) mass is 447 g/mol. The molecule has 0 spiro atoms. The lowest BCUT2D eigenvalue weighted by Crippen LogP contribution is -2.20. The summed E-state index contributed by atoms with van der Waals surface area (Å²) in [5.74, 6) is 1.31. The number of benzene rings is 3. The summed E-state index contributed by atoms with van der Waals surface area (Å²) in [5, 5.41) is 6.75. The number of aryl methyl sites for hydroxylation is 1. The van der Waals surface area contributed by atoms with Crippen molar-refractivity contribution in [1.29, 1.82) is 0 Å². The van der Waals surface area contributed by atoms with E-state index in [1.807, 2.05) is 42.5 Å². The number of para-hydroxylation sites is 1. The fraction of sp³-hybridized carbons (Fsp3) is 0.160. The van der Waals surface area contributed by atoms with Gasteiger partial charge in [0.1, 0.15) is 5.75 Å². The molecule has 164 valence electrons. The van der Waals surface area contributed by atoms with E-state index in [1.54, 1.807) is 42.2 Å². The molecule has 3 aromatic rings. The summed E-state index contributed by atoms with van der Waals surface area (Å²) in [6.45, 7) is 1.98. The summed E-state index contributed by atoms with van der Waals surface area (Å²) in [6.07, 6.45) is 1.57. The van der Waals surface area contributed by atoms with Crippen molar-refractivity contribution in [2.24, 2.45) is 5.10 Å². The van der Waals surface area contributed by atoms with Gasteiger partial charge in [-0.25, -0.2) is 5.43 Å². The van der Waals surface area contributed by atoms with Crippen LogP contribution in [0.25, 0.3) is 0 Å². The van der Waals surface area contributed by atoms with Crippen LogP contribution >= 0.6 is 11.8 Å². The van der Waals surface area contributed by atoms with Crippen LogP contribution in [0.1, 0.15) is 16.7 Å². The van der Waals surface area contributed by atoms with Crippen LogP contribution in [-0.4, -0.2) is 30.4 Å². The van der Waals surface area contributed by atoms with E-state index in [9.17, 15) is 9.59 Å². The number of nitrogens with zero attached hydrogens (tertiary/aromatic N) is 1. The Hall–Kier alpha value is -3.58. The maximum atomic E-state index is 11.9. The van der Waals surface area contributed by atoms with E-state index in [0.29, 0.717) is 11.5 Å². The van der Waals surface area contributed by atoms with Crippen molar-refractivity contribution in [3.8, 4) is 5.75 Å². The number of hydrogen-bond acceptors (Lipinski definition) is 5.